The van der Waals surface area contributed by atoms with Gasteiger partial charge in [0.1, 0.15) is 12.6 Å². The van der Waals surface area contributed by atoms with E-state index in [0.717, 1.165) is 21.0 Å². The van der Waals surface area contributed by atoms with Crippen LogP contribution in [0.15, 0.2) is 71.6 Å². The Morgan fingerprint density at radius 2 is 1.59 bits per heavy atom. The van der Waals surface area contributed by atoms with Crippen LogP contribution < -0.4 is 9.62 Å². The number of carbonyl (C=O) groups is 2. The number of aryl methyl sites for hydroxylation is 2. The van der Waals surface area contributed by atoms with Crippen molar-refractivity contribution in [3.63, 3.8) is 0 Å². The molecule has 3 aromatic carbocycles. The predicted octanol–water partition coefficient (Wildman–Crippen LogP) is 4.97. The molecule has 0 saturated carbocycles. The monoisotopic (exact) mass is 561 g/mol. The van der Waals surface area contributed by atoms with E-state index in [2.05, 4.69) is 5.32 Å². The van der Waals surface area contributed by atoms with E-state index >= 15 is 0 Å². The summed E-state index contributed by atoms with van der Waals surface area (Å²) in [6.07, 6.45) is 0. The first-order chi connectivity index (χ1) is 17.4. The number of halogens is 2. The van der Waals surface area contributed by atoms with E-state index < -0.39 is 28.5 Å². The quantitative estimate of drug-likeness (QED) is 0.399. The number of anilines is 1. The van der Waals surface area contributed by atoms with Crippen molar-refractivity contribution in [2.75, 3.05) is 17.9 Å². The molecule has 0 bridgehead atoms. The van der Waals surface area contributed by atoms with E-state index in [1.54, 1.807) is 25.1 Å². The second kappa shape index (κ2) is 12.0. The highest BCUT2D eigenvalue weighted by Crippen LogP contribution is 2.35. The zero-order valence-electron chi connectivity index (χ0n) is 21.0. The van der Waals surface area contributed by atoms with Crippen molar-refractivity contribution < 1.29 is 18.0 Å². The third kappa shape index (κ3) is 6.63. The molecule has 1 atom stereocenters. The molecule has 37 heavy (non-hydrogen) atoms. The van der Waals surface area contributed by atoms with Gasteiger partial charge in [0, 0.05) is 13.6 Å². The topological polar surface area (TPSA) is 86.8 Å². The number of hydrogen-bond acceptors (Lipinski definition) is 4. The molecule has 7 nitrogen and oxygen atoms in total. The SMILES string of the molecule is CNC(=O)C(C)N(Cc1cccc(C)c1)C(=O)CN(c1cccc(Cl)c1Cl)S(=O)(=O)c1ccc(C)cc1. The number of benzene rings is 3. The van der Waals surface area contributed by atoms with Crippen LogP contribution in [0.25, 0.3) is 0 Å². The first-order valence-corrected chi connectivity index (χ1v) is 13.7. The van der Waals surface area contributed by atoms with Crippen molar-refractivity contribution in [3.05, 3.63) is 93.5 Å². The Hall–Kier alpha value is -3.07. The Bertz CT molecular complexity index is 1400. The van der Waals surface area contributed by atoms with Gasteiger partial charge >= 0.3 is 0 Å². The maximum Gasteiger partial charge on any atom is 0.264 e. The van der Waals surface area contributed by atoms with Gasteiger partial charge in [0.25, 0.3) is 10.0 Å². The number of hydrogen-bond donors (Lipinski definition) is 1. The summed E-state index contributed by atoms with van der Waals surface area (Å²) in [5, 5.41) is 2.70. The van der Waals surface area contributed by atoms with Gasteiger partial charge in [-0.3, -0.25) is 13.9 Å². The summed E-state index contributed by atoms with van der Waals surface area (Å²) >= 11 is 12.6. The molecule has 0 fully saturated rings. The zero-order chi connectivity index (χ0) is 27.3. The fourth-order valence-electron chi connectivity index (χ4n) is 3.83. The number of nitrogens with zero attached hydrogens (tertiary/aromatic N) is 2. The number of likely N-dealkylation sites (N-methyl/N-ethyl adjacent to an activating group) is 1. The van der Waals surface area contributed by atoms with Gasteiger partial charge in [-0.25, -0.2) is 8.42 Å². The number of carbonyl (C=O) groups excluding carboxylic acids is 2. The third-order valence-electron chi connectivity index (χ3n) is 5.94. The lowest BCUT2D eigenvalue weighted by molar-refractivity contribution is -0.139. The summed E-state index contributed by atoms with van der Waals surface area (Å²) in [4.78, 5) is 27.7. The lowest BCUT2D eigenvalue weighted by Crippen LogP contribution is -2.50. The average molecular weight is 563 g/mol. The molecule has 0 heterocycles. The van der Waals surface area contributed by atoms with Crippen molar-refractivity contribution >= 4 is 50.7 Å². The fraction of sp³-hybridized carbons (Fsp3) is 0.259. The van der Waals surface area contributed by atoms with Gasteiger partial charge < -0.3 is 10.2 Å². The summed E-state index contributed by atoms with van der Waals surface area (Å²) in [7, 11) is -2.75. The lowest BCUT2D eigenvalue weighted by Gasteiger charge is -2.32. The molecule has 3 rings (SSSR count). The van der Waals surface area contributed by atoms with Gasteiger partial charge in [0.05, 0.1) is 20.6 Å². The number of sulfonamides is 1. The summed E-state index contributed by atoms with van der Waals surface area (Å²) in [5.74, 6) is -0.959. The van der Waals surface area contributed by atoms with Gasteiger partial charge in [-0.2, -0.15) is 0 Å². The molecule has 1 unspecified atom stereocenters. The van der Waals surface area contributed by atoms with Crippen LogP contribution in [0, 0.1) is 13.8 Å². The molecule has 0 aliphatic rings. The number of rotatable bonds is 9. The molecule has 10 heteroatoms. The van der Waals surface area contributed by atoms with Crippen LogP contribution in [-0.2, 0) is 26.2 Å². The Morgan fingerprint density at radius 3 is 2.22 bits per heavy atom. The molecular weight excluding hydrogens is 533 g/mol. The number of nitrogens with one attached hydrogen (secondary N) is 1. The van der Waals surface area contributed by atoms with Crippen LogP contribution in [0.3, 0.4) is 0 Å². The van der Waals surface area contributed by atoms with Crippen molar-refractivity contribution in [3.8, 4) is 0 Å². The maximum atomic E-state index is 13.8. The molecule has 0 aliphatic heterocycles. The van der Waals surface area contributed by atoms with Gasteiger partial charge in [-0.15, -0.1) is 0 Å². The smallest absolute Gasteiger partial charge is 0.264 e. The minimum absolute atomic E-state index is 0.00256. The van der Waals surface area contributed by atoms with E-state index in [1.165, 1.54) is 36.2 Å². The first kappa shape index (κ1) is 28.5. The van der Waals surface area contributed by atoms with Gasteiger partial charge in [0.15, 0.2) is 0 Å². The largest absolute Gasteiger partial charge is 0.357 e. The highest BCUT2D eigenvalue weighted by molar-refractivity contribution is 7.92. The summed E-state index contributed by atoms with van der Waals surface area (Å²) < 4.78 is 28.5. The highest BCUT2D eigenvalue weighted by atomic mass is 35.5. The van der Waals surface area contributed by atoms with E-state index in [1.807, 2.05) is 38.1 Å². The zero-order valence-corrected chi connectivity index (χ0v) is 23.4. The molecule has 0 saturated heterocycles. The molecule has 0 spiro atoms. The Kier molecular flexibility index (Phi) is 9.23. The van der Waals surface area contributed by atoms with Gasteiger partial charge in [-0.1, -0.05) is 76.8 Å². The molecule has 2 amide bonds. The van der Waals surface area contributed by atoms with Crippen LogP contribution in [0.5, 0.6) is 0 Å². The second-order valence-electron chi connectivity index (χ2n) is 8.70. The molecule has 0 aliphatic carbocycles. The molecule has 1 N–H and O–H groups in total. The molecule has 196 valence electrons. The average Bonchev–Trinajstić information content (AvgIpc) is 2.87. The maximum absolute atomic E-state index is 13.8. The van der Waals surface area contributed by atoms with Crippen LogP contribution in [-0.4, -0.2) is 44.8 Å². The van der Waals surface area contributed by atoms with E-state index in [0.29, 0.717) is 0 Å². The summed E-state index contributed by atoms with van der Waals surface area (Å²) in [6, 6.07) is 17.5. The minimum atomic E-state index is -4.23. The standard InChI is InChI=1S/C27H29Cl2N3O4S/c1-18-11-13-22(14-12-18)37(35,36)32(24-10-6-9-23(28)26(24)29)17-25(33)31(20(3)27(34)30-4)16-21-8-5-7-19(2)15-21/h5-15,20H,16-17H2,1-4H3,(H,30,34). The minimum Gasteiger partial charge on any atom is -0.357 e. The third-order valence-corrected chi connectivity index (χ3v) is 8.52. The first-order valence-electron chi connectivity index (χ1n) is 11.6. The van der Waals surface area contributed by atoms with Crippen molar-refractivity contribution in [2.45, 2.75) is 38.3 Å². The van der Waals surface area contributed by atoms with Crippen LogP contribution in [0.2, 0.25) is 10.0 Å². The van der Waals surface area contributed by atoms with Crippen LogP contribution >= 0.6 is 23.2 Å². The normalized spacial score (nSPS) is 12.1. The van der Waals surface area contributed by atoms with Gasteiger partial charge in [-0.05, 0) is 50.6 Å². The van der Waals surface area contributed by atoms with Crippen LogP contribution in [0.4, 0.5) is 5.69 Å². The van der Waals surface area contributed by atoms with Crippen molar-refractivity contribution in [1.29, 1.82) is 0 Å². The van der Waals surface area contributed by atoms with Crippen LogP contribution in [0.1, 0.15) is 23.6 Å². The molecule has 0 radical (unpaired) electrons. The predicted molar refractivity (Wildman–Crippen MR) is 147 cm³/mol. The molecule has 0 aromatic heterocycles. The van der Waals surface area contributed by atoms with Gasteiger partial charge in [0.2, 0.25) is 11.8 Å². The van der Waals surface area contributed by atoms with E-state index in [-0.39, 0.29) is 33.1 Å². The molecular formula is C27H29Cl2N3O4S. The Labute approximate surface area is 228 Å². The van der Waals surface area contributed by atoms with E-state index in [4.69, 9.17) is 23.2 Å². The Balaban J connectivity index is 2.08. The second-order valence-corrected chi connectivity index (χ2v) is 11.3. The lowest BCUT2D eigenvalue weighted by atomic mass is 10.1. The Morgan fingerprint density at radius 1 is 0.946 bits per heavy atom. The van der Waals surface area contributed by atoms with E-state index in [9.17, 15) is 18.0 Å². The highest BCUT2D eigenvalue weighted by Gasteiger charge is 2.33. The van der Waals surface area contributed by atoms with Crippen molar-refractivity contribution in [1.82, 2.24) is 10.2 Å². The fourth-order valence-corrected chi connectivity index (χ4v) is 5.71. The summed E-state index contributed by atoms with van der Waals surface area (Å²) in [5.41, 5.74) is 2.74. The molecule has 3 aromatic rings. The van der Waals surface area contributed by atoms with Crippen molar-refractivity contribution in [2.24, 2.45) is 0 Å². The number of amides is 2. The summed E-state index contributed by atoms with van der Waals surface area (Å²) in [6.45, 7) is 4.88.